The van der Waals surface area contributed by atoms with Gasteiger partial charge in [-0.2, -0.15) is 0 Å². The van der Waals surface area contributed by atoms with Crippen LogP contribution in [0.3, 0.4) is 0 Å². The van der Waals surface area contributed by atoms with Gasteiger partial charge in [0.25, 0.3) is 0 Å². The van der Waals surface area contributed by atoms with E-state index in [0.29, 0.717) is 0 Å². The Morgan fingerprint density at radius 3 is 2.53 bits per heavy atom. The highest BCUT2D eigenvalue weighted by Gasteiger charge is 2.20. The van der Waals surface area contributed by atoms with Crippen LogP contribution in [0.1, 0.15) is 13.3 Å². The van der Waals surface area contributed by atoms with Crippen molar-refractivity contribution in [1.82, 2.24) is 15.1 Å². The summed E-state index contributed by atoms with van der Waals surface area (Å²) >= 11 is 0. The van der Waals surface area contributed by atoms with Gasteiger partial charge in [-0.1, -0.05) is 0 Å². The zero-order valence-electron chi connectivity index (χ0n) is 10.5. The van der Waals surface area contributed by atoms with Crippen LogP contribution in [0, 0.1) is 0 Å². The minimum absolute atomic E-state index is 0.0608. The molecule has 0 aromatic rings. The van der Waals surface area contributed by atoms with Gasteiger partial charge in [0.2, 0.25) is 5.91 Å². The van der Waals surface area contributed by atoms with Crippen molar-refractivity contribution in [3.63, 3.8) is 0 Å². The summed E-state index contributed by atoms with van der Waals surface area (Å²) in [6.07, 6.45) is 0.0608. The lowest BCUT2D eigenvalue weighted by atomic mass is 10.2. The molecule has 0 aromatic carbocycles. The Kier molecular flexibility index (Phi) is 5.37. The number of hydrogen-bond donors (Lipinski definition) is 2. The van der Waals surface area contributed by atoms with Crippen molar-refractivity contribution in [2.75, 3.05) is 39.8 Å². The van der Waals surface area contributed by atoms with Crippen LogP contribution in [0.5, 0.6) is 0 Å². The second kappa shape index (κ2) is 6.56. The van der Waals surface area contributed by atoms with Crippen molar-refractivity contribution in [1.29, 1.82) is 0 Å². The molecule has 1 heterocycles. The number of rotatable bonds is 5. The molecule has 1 rings (SSSR count). The SMILES string of the molecule is CC(CC(=O)O)N(C)CC(=O)N1CCNCC1. The number of nitrogens with zero attached hydrogens (tertiary/aromatic N) is 2. The molecule has 1 saturated heterocycles. The second-order valence-electron chi connectivity index (χ2n) is 4.49. The Balaban J connectivity index is 2.36. The number of carbonyl (C=O) groups excluding carboxylic acids is 1. The van der Waals surface area contributed by atoms with Gasteiger partial charge in [0, 0.05) is 32.2 Å². The molecule has 0 spiro atoms. The summed E-state index contributed by atoms with van der Waals surface area (Å²) in [5.41, 5.74) is 0. The van der Waals surface area contributed by atoms with E-state index in [9.17, 15) is 9.59 Å². The first-order valence-electron chi connectivity index (χ1n) is 5.91. The molecule has 1 amide bonds. The molecule has 0 aromatic heterocycles. The van der Waals surface area contributed by atoms with Crippen molar-refractivity contribution in [3.05, 3.63) is 0 Å². The van der Waals surface area contributed by atoms with Gasteiger partial charge in [0.1, 0.15) is 0 Å². The van der Waals surface area contributed by atoms with Gasteiger partial charge in [0.05, 0.1) is 13.0 Å². The molecule has 1 aliphatic heterocycles. The Morgan fingerprint density at radius 2 is 2.00 bits per heavy atom. The third kappa shape index (κ3) is 4.70. The van der Waals surface area contributed by atoms with Crippen molar-refractivity contribution >= 4 is 11.9 Å². The van der Waals surface area contributed by atoms with E-state index in [1.54, 1.807) is 11.9 Å². The van der Waals surface area contributed by atoms with Crippen LogP contribution < -0.4 is 5.32 Å². The largest absolute Gasteiger partial charge is 0.481 e. The molecular weight excluding hydrogens is 222 g/mol. The fourth-order valence-corrected chi connectivity index (χ4v) is 1.79. The van der Waals surface area contributed by atoms with E-state index in [1.165, 1.54) is 0 Å². The zero-order chi connectivity index (χ0) is 12.8. The van der Waals surface area contributed by atoms with E-state index in [2.05, 4.69) is 5.32 Å². The smallest absolute Gasteiger partial charge is 0.304 e. The van der Waals surface area contributed by atoms with Crippen LogP contribution >= 0.6 is 0 Å². The number of hydrogen-bond acceptors (Lipinski definition) is 4. The van der Waals surface area contributed by atoms with E-state index in [-0.39, 0.29) is 24.9 Å². The highest BCUT2D eigenvalue weighted by molar-refractivity contribution is 5.78. The first-order valence-corrected chi connectivity index (χ1v) is 5.91. The van der Waals surface area contributed by atoms with Crippen LogP contribution in [0.25, 0.3) is 0 Å². The molecule has 6 nitrogen and oxygen atoms in total. The average molecular weight is 243 g/mol. The maximum atomic E-state index is 11.9. The van der Waals surface area contributed by atoms with Gasteiger partial charge < -0.3 is 15.3 Å². The van der Waals surface area contributed by atoms with Crippen molar-refractivity contribution in [2.24, 2.45) is 0 Å². The molecule has 0 radical (unpaired) electrons. The topological polar surface area (TPSA) is 72.9 Å². The minimum atomic E-state index is -0.834. The Hall–Kier alpha value is -1.14. The monoisotopic (exact) mass is 243 g/mol. The molecule has 2 N–H and O–H groups in total. The Labute approximate surface area is 102 Å². The lowest BCUT2D eigenvalue weighted by molar-refractivity contribution is -0.139. The maximum absolute atomic E-state index is 11.9. The van der Waals surface area contributed by atoms with E-state index >= 15 is 0 Å². The molecular formula is C11H21N3O3. The summed E-state index contributed by atoms with van der Waals surface area (Å²) in [5, 5.41) is 11.9. The molecule has 0 bridgehead atoms. The van der Waals surface area contributed by atoms with Crippen molar-refractivity contribution in [3.8, 4) is 0 Å². The van der Waals surface area contributed by atoms with E-state index in [1.807, 2.05) is 11.8 Å². The highest BCUT2D eigenvalue weighted by Crippen LogP contribution is 2.03. The summed E-state index contributed by atoms with van der Waals surface area (Å²) in [6, 6.07) is -0.126. The molecule has 1 unspecified atom stereocenters. The molecule has 6 heteroatoms. The number of likely N-dealkylation sites (N-methyl/N-ethyl adjacent to an activating group) is 1. The van der Waals surface area contributed by atoms with E-state index in [4.69, 9.17) is 5.11 Å². The minimum Gasteiger partial charge on any atom is -0.481 e. The molecule has 1 fully saturated rings. The second-order valence-corrected chi connectivity index (χ2v) is 4.49. The fraction of sp³-hybridized carbons (Fsp3) is 0.818. The molecule has 17 heavy (non-hydrogen) atoms. The zero-order valence-corrected chi connectivity index (χ0v) is 10.5. The van der Waals surface area contributed by atoms with Crippen LogP contribution in [0.15, 0.2) is 0 Å². The van der Waals surface area contributed by atoms with Crippen LogP contribution in [0.2, 0.25) is 0 Å². The van der Waals surface area contributed by atoms with Crippen molar-refractivity contribution < 1.29 is 14.7 Å². The fourth-order valence-electron chi connectivity index (χ4n) is 1.79. The van der Waals surface area contributed by atoms with Crippen LogP contribution in [-0.4, -0.2) is 72.6 Å². The lowest BCUT2D eigenvalue weighted by Crippen LogP contribution is -2.50. The maximum Gasteiger partial charge on any atom is 0.304 e. The number of aliphatic carboxylic acids is 1. The van der Waals surface area contributed by atoms with Crippen molar-refractivity contribution in [2.45, 2.75) is 19.4 Å². The summed E-state index contributed by atoms with van der Waals surface area (Å²) in [5.74, 6) is -0.759. The first kappa shape index (κ1) is 13.9. The highest BCUT2D eigenvalue weighted by atomic mass is 16.4. The number of nitrogens with one attached hydrogen (secondary N) is 1. The summed E-state index contributed by atoms with van der Waals surface area (Å²) < 4.78 is 0. The Morgan fingerprint density at radius 1 is 1.41 bits per heavy atom. The third-order valence-corrected chi connectivity index (χ3v) is 3.08. The third-order valence-electron chi connectivity index (χ3n) is 3.08. The standard InChI is InChI=1S/C11H21N3O3/c1-9(7-11(16)17)13(2)8-10(15)14-5-3-12-4-6-14/h9,12H,3-8H2,1-2H3,(H,16,17). The number of piperazine rings is 1. The Bertz CT molecular complexity index is 277. The lowest BCUT2D eigenvalue weighted by Gasteiger charge is -2.30. The van der Waals surface area contributed by atoms with Crippen LogP contribution in [-0.2, 0) is 9.59 Å². The molecule has 1 aliphatic rings. The van der Waals surface area contributed by atoms with E-state index in [0.717, 1.165) is 26.2 Å². The molecule has 1 atom stereocenters. The van der Waals surface area contributed by atoms with Gasteiger partial charge in [-0.15, -0.1) is 0 Å². The quantitative estimate of drug-likeness (QED) is 0.662. The van der Waals surface area contributed by atoms with E-state index < -0.39 is 5.97 Å². The predicted molar refractivity (Wildman–Crippen MR) is 63.8 cm³/mol. The van der Waals surface area contributed by atoms with Crippen LogP contribution in [0.4, 0.5) is 0 Å². The number of carbonyl (C=O) groups is 2. The van der Waals surface area contributed by atoms with Gasteiger partial charge >= 0.3 is 5.97 Å². The van der Waals surface area contributed by atoms with Gasteiger partial charge in [-0.05, 0) is 14.0 Å². The molecule has 0 aliphatic carbocycles. The summed E-state index contributed by atoms with van der Waals surface area (Å²) in [6.45, 7) is 5.24. The number of carboxylic acid groups (broad SMARTS) is 1. The summed E-state index contributed by atoms with van der Waals surface area (Å²) in [4.78, 5) is 26.1. The summed E-state index contributed by atoms with van der Waals surface area (Å²) in [7, 11) is 1.79. The number of amides is 1. The van der Waals surface area contributed by atoms with Gasteiger partial charge in [0.15, 0.2) is 0 Å². The predicted octanol–water partition coefficient (Wildman–Crippen LogP) is -0.787. The first-order chi connectivity index (χ1) is 8.00. The average Bonchev–Trinajstić information content (AvgIpc) is 2.29. The van der Waals surface area contributed by atoms with Gasteiger partial charge in [-0.3, -0.25) is 14.5 Å². The molecule has 0 saturated carbocycles. The number of carboxylic acids is 1. The normalized spacial score (nSPS) is 18.2. The van der Waals surface area contributed by atoms with Gasteiger partial charge in [-0.25, -0.2) is 0 Å². The molecule has 98 valence electrons.